The minimum atomic E-state index is -0.151. The number of nitrogen functional groups attached to an aromatic ring is 1. The van der Waals surface area contributed by atoms with Crippen molar-refractivity contribution in [2.45, 2.75) is 31.9 Å². The van der Waals surface area contributed by atoms with E-state index >= 15 is 0 Å². The number of carbonyl (C=O) groups excluding carboxylic acids is 1. The average Bonchev–Trinajstić information content (AvgIpc) is 2.75. The molecule has 0 radical (unpaired) electrons. The van der Waals surface area contributed by atoms with Crippen molar-refractivity contribution in [3.8, 4) is 0 Å². The van der Waals surface area contributed by atoms with Crippen molar-refractivity contribution in [2.24, 2.45) is 0 Å². The topological polar surface area (TPSA) is 80.0 Å². The zero-order valence-corrected chi connectivity index (χ0v) is 13.5. The predicted octanol–water partition coefficient (Wildman–Crippen LogP) is 2.42. The Morgan fingerprint density at radius 2 is 2.21 bits per heavy atom. The van der Waals surface area contributed by atoms with Gasteiger partial charge in [0.05, 0.1) is 0 Å². The summed E-state index contributed by atoms with van der Waals surface area (Å²) in [4.78, 5) is 16.7. The molecule has 1 aromatic heterocycles. The number of amides is 1. The molecule has 1 aromatic rings. The third kappa shape index (κ3) is 4.91. The second kappa shape index (κ2) is 7.00. The van der Waals surface area contributed by atoms with E-state index in [0.29, 0.717) is 22.4 Å². The van der Waals surface area contributed by atoms with Gasteiger partial charge < -0.3 is 16.4 Å². The lowest BCUT2D eigenvalue weighted by Gasteiger charge is -2.21. The van der Waals surface area contributed by atoms with Gasteiger partial charge in [-0.05, 0) is 26.5 Å². The molecule has 0 bridgehead atoms. The van der Waals surface area contributed by atoms with E-state index < -0.39 is 0 Å². The van der Waals surface area contributed by atoms with Crippen molar-refractivity contribution >= 4 is 40.0 Å². The Balaban J connectivity index is 2.64. The van der Waals surface area contributed by atoms with Crippen LogP contribution in [0.5, 0.6) is 0 Å². The Labute approximate surface area is 122 Å². The molecule has 1 heterocycles. The van der Waals surface area contributed by atoms with Gasteiger partial charge in [0.2, 0.25) is 0 Å². The third-order valence-electron chi connectivity index (χ3n) is 2.61. The van der Waals surface area contributed by atoms with Gasteiger partial charge in [0.25, 0.3) is 5.91 Å². The molecule has 1 rings (SSSR count). The second-order valence-corrected chi connectivity index (χ2v) is 7.32. The van der Waals surface area contributed by atoms with Crippen molar-refractivity contribution in [1.82, 2.24) is 10.3 Å². The first-order valence-electron chi connectivity index (χ1n) is 6.23. The molecule has 0 saturated carbocycles. The van der Waals surface area contributed by atoms with Crippen molar-refractivity contribution in [3.63, 3.8) is 0 Å². The lowest BCUT2D eigenvalue weighted by atomic mass is 10.2. The Morgan fingerprint density at radius 1 is 1.53 bits per heavy atom. The number of rotatable bonds is 7. The summed E-state index contributed by atoms with van der Waals surface area (Å²) >= 11 is 3.01. The highest BCUT2D eigenvalue weighted by molar-refractivity contribution is 7.99. The molecule has 7 heteroatoms. The number of thiazole rings is 1. The fourth-order valence-electron chi connectivity index (χ4n) is 1.25. The lowest BCUT2D eigenvalue weighted by molar-refractivity contribution is 0.0955. The molecule has 0 atom stereocenters. The van der Waals surface area contributed by atoms with Gasteiger partial charge in [0.1, 0.15) is 10.7 Å². The van der Waals surface area contributed by atoms with Gasteiger partial charge in [-0.15, -0.1) is 0 Å². The molecule has 0 saturated heterocycles. The van der Waals surface area contributed by atoms with Crippen LogP contribution in [0, 0.1) is 0 Å². The van der Waals surface area contributed by atoms with Gasteiger partial charge in [-0.3, -0.25) is 4.79 Å². The molecule has 0 aliphatic carbocycles. The van der Waals surface area contributed by atoms with E-state index in [4.69, 9.17) is 5.73 Å². The highest BCUT2D eigenvalue weighted by Gasteiger charge is 2.20. The molecule has 0 fully saturated rings. The molecular formula is C12H22N4OS2. The van der Waals surface area contributed by atoms with Gasteiger partial charge in [0, 0.05) is 17.8 Å². The standard InChI is InChI=1S/C12H22N4OS2/c1-5-6-14-11-16-9(13)8(19-11)10(17)15-7-12(2,3)18-4/h5-7,13H2,1-4H3,(H,14,16)(H,15,17). The third-order valence-corrected chi connectivity index (χ3v) is 4.89. The second-order valence-electron chi connectivity index (χ2n) is 4.81. The van der Waals surface area contributed by atoms with Crippen LogP contribution in [0.1, 0.15) is 36.9 Å². The number of carbonyl (C=O) groups is 1. The summed E-state index contributed by atoms with van der Waals surface area (Å²) in [6, 6.07) is 0. The van der Waals surface area contributed by atoms with E-state index in [-0.39, 0.29) is 10.7 Å². The lowest BCUT2D eigenvalue weighted by Crippen LogP contribution is -2.36. The Hall–Kier alpha value is -0.950. The normalized spacial score (nSPS) is 11.4. The van der Waals surface area contributed by atoms with Gasteiger partial charge >= 0.3 is 0 Å². The smallest absolute Gasteiger partial charge is 0.265 e. The van der Waals surface area contributed by atoms with Gasteiger partial charge in [-0.1, -0.05) is 18.3 Å². The summed E-state index contributed by atoms with van der Waals surface area (Å²) < 4.78 is 0.0123. The maximum atomic E-state index is 12.1. The number of anilines is 2. The van der Waals surface area contributed by atoms with Crippen LogP contribution in [-0.4, -0.2) is 35.0 Å². The fraction of sp³-hybridized carbons (Fsp3) is 0.667. The van der Waals surface area contributed by atoms with E-state index in [1.165, 1.54) is 11.3 Å². The van der Waals surface area contributed by atoms with Crippen LogP contribution >= 0.6 is 23.1 Å². The summed E-state index contributed by atoms with van der Waals surface area (Å²) in [6.45, 7) is 7.67. The largest absolute Gasteiger partial charge is 0.382 e. The summed E-state index contributed by atoms with van der Waals surface area (Å²) in [5, 5.41) is 6.74. The monoisotopic (exact) mass is 302 g/mol. The Bertz CT molecular complexity index is 431. The van der Waals surface area contributed by atoms with Crippen LogP contribution in [-0.2, 0) is 0 Å². The van der Waals surface area contributed by atoms with Gasteiger partial charge in [-0.2, -0.15) is 11.8 Å². The van der Waals surface area contributed by atoms with Crippen LogP contribution in [0.15, 0.2) is 0 Å². The zero-order valence-electron chi connectivity index (χ0n) is 11.9. The van der Waals surface area contributed by atoms with Crippen molar-refractivity contribution in [3.05, 3.63) is 4.88 Å². The van der Waals surface area contributed by atoms with Crippen molar-refractivity contribution in [1.29, 1.82) is 0 Å². The first-order chi connectivity index (χ1) is 8.89. The van der Waals surface area contributed by atoms with Crippen LogP contribution in [0.3, 0.4) is 0 Å². The van der Waals surface area contributed by atoms with E-state index in [9.17, 15) is 4.79 Å². The zero-order chi connectivity index (χ0) is 14.5. The molecule has 19 heavy (non-hydrogen) atoms. The van der Waals surface area contributed by atoms with Crippen LogP contribution in [0.4, 0.5) is 10.9 Å². The van der Waals surface area contributed by atoms with E-state index in [2.05, 4.69) is 36.4 Å². The highest BCUT2D eigenvalue weighted by atomic mass is 32.2. The molecule has 0 aromatic carbocycles. The maximum Gasteiger partial charge on any atom is 0.265 e. The molecule has 0 spiro atoms. The summed E-state index contributed by atoms with van der Waals surface area (Å²) in [6.07, 6.45) is 3.03. The molecule has 4 N–H and O–H groups in total. The Kier molecular flexibility index (Phi) is 5.93. The minimum absolute atomic E-state index is 0.0123. The van der Waals surface area contributed by atoms with Crippen LogP contribution in [0.2, 0.25) is 0 Å². The Morgan fingerprint density at radius 3 is 2.79 bits per heavy atom. The van der Waals surface area contributed by atoms with E-state index in [0.717, 1.165) is 13.0 Å². The predicted molar refractivity (Wildman–Crippen MR) is 85.2 cm³/mol. The number of nitrogens with one attached hydrogen (secondary N) is 2. The molecule has 5 nitrogen and oxygen atoms in total. The van der Waals surface area contributed by atoms with Crippen molar-refractivity contribution in [2.75, 3.05) is 30.4 Å². The number of hydrogen-bond donors (Lipinski definition) is 3. The first kappa shape index (κ1) is 16.1. The SMILES string of the molecule is CCCNc1nc(N)c(C(=O)NCC(C)(C)SC)s1. The molecule has 0 unspecified atom stereocenters. The summed E-state index contributed by atoms with van der Waals surface area (Å²) in [7, 11) is 0. The first-order valence-corrected chi connectivity index (χ1v) is 8.27. The molecule has 1 amide bonds. The summed E-state index contributed by atoms with van der Waals surface area (Å²) in [5.41, 5.74) is 5.78. The minimum Gasteiger partial charge on any atom is -0.382 e. The quantitative estimate of drug-likeness (QED) is 0.721. The number of nitrogens with zero attached hydrogens (tertiary/aromatic N) is 1. The number of nitrogens with two attached hydrogens (primary N) is 1. The number of aromatic nitrogens is 1. The average molecular weight is 302 g/mol. The highest BCUT2D eigenvalue weighted by Crippen LogP contribution is 2.25. The number of thioether (sulfide) groups is 1. The van der Waals surface area contributed by atoms with Gasteiger partial charge in [0.15, 0.2) is 5.13 Å². The molecular weight excluding hydrogens is 280 g/mol. The van der Waals surface area contributed by atoms with Gasteiger partial charge in [-0.25, -0.2) is 4.98 Å². The number of hydrogen-bond acceptors (Lipinski definition) is 6. The summed E-state index contributed by atoms with van der Waals surface area (Å²) in [5.74, 6) is 0.143. The molecule has 0 aliphatic rings. The molecule has 108 valence electrons. The van der Waals surface area contributed by atoms with E-state index in [1.54, 1.807) is 11.8 Å². The van der Waals surface area contributed by atoms with Crippen LogP contribution in [0.25, 0.3) is 0 Å². The van der Waals surface area contributed by atoms with Crippen LogP contribution < -0.4 is 16.4 Å². The van der Waals surface area contributed by atoms with E-state index in [1.807, 2.05) is 6.26 Å². The molecule has 0 aliphatic heterocycles. The maximum absolute atomic E-state index is 12.1. The fourth-order valence-corrected chi connectivity index (χ4v) is 2.29. The van der Waals surface area contributed by atoms with Crippen molar-refractivity contribution < 1.29 is 4.79 Å².